The maximum Gasteiger partial charge on any atom is 0.138 e. The molecule has 0 saturated carbocycles. The number of hydrogen-bond acceptors (Lipinski definition) is 3. The minimum atomic E-state index is -0.409. The van der Waals surface area contributed by atoms with Crippen LogP contribution in [0.1, 0.15) is 0 Å². The Hall–Kier alpha value is -1.94. The Morgan fingerprint density at radius 1 is 1.05 bits per heavy atom. The first-order valence-electron chi connectivity index (χ1n) is 5.65. The van der Waals surface area contributed by atoms with Crippen molar-refractivity contribution in [3.63, 3.8) is 0 Å². The van der Waals surface area contributed by atoms with Crippen LogP contribution in [0.4, 0.5) is 4.39 Å². The van der Waals surface area contributed by atoms with Crippen molar-refractivity contribution in [1.29, 1.82) is 0 Å². The van der Waals surface area contributed by atoms with Gasteiger partial charge < -0.3 is 14.6 Å². The van der Waals surface area contributed by atoms with E-state index in [1.807, 2.05) is 0 Å². The van der Waals surface area contributed by atoms with Gasteiger partial charge in [0.05, 0.1) is 5.02 Å². The standard InChI is InChI=1S/C14H12ClFO3/c15-13-8-10(16)4-5-14(13)19-7-6-18-12-3-1-2-11(17)9-12/h1-5,8-9,17H,6-7H2. The van der Waals surface area contributed by atoms with Gasteiger partial charge in [0.2, 0.25) is 0 Å². The molecule has 0 heterocycles. The molecule has 0 aliphatic carbocycles. The van der Waals surface area contributed by atoms with E-state index < -0.39 is 5.82 Å². The molecule has 1 N–H and O–H groups in total. The summed E-state index contributed by atoms with van der Waals surface area (Å²) in [5.74, 6) is 0.685. The van der Waals surface area contributed by atoms with E-state index in [1.54, 1.807) is 18.2 Å². The molecule has 19 heavy (non-hydrogen) atoms. The fourth-order valence-electron chi connectivity index (χ4n) is 1.48. The molecule has 0 amide bonds. The maximum absolute atomic E-state index is 12.8. The highest BCUT2D eigenvalue weighted by molar-refractivity contribution is 6.32. The van der Waals surface area contributed by atoms with E-state index in [1.165, 1.54) is 24.3 Å². The van der Waals surface area contributed by atoms with E-state index in [9.17, 15) is 9.50 Å². The molecule has 5 heteroatoms. The van der Waals surface area contributed by atoms with Gasteiger partial charge in [-0.25, -0.2) is 4.39 Å². The predicted octanol–water partition coefficient (Wildman–Crippen LogP) is 3.64. The third-order valence-electron chi connectivity index (χ3n) is 2.32. The van der Waals surface area contributed by atoms with Crippen molar-refractivity contribution in [3.8, 4) is 17.2 Å². The van der Waals surface area contributed by atoms with E-state index in [0.29, 0.717) is 11.5 Å². The van der Waals surface area contributed by atoms with Crippen LogP contribution in [0.25, 0.3) is 0 Å². The number of halogens is 2. The Morgan fingerprint density at radius 2 is 1.84 bits per heavy atom. The third kappa shape index (κ3) is 4.03. The zero-order valence-electron chi connectivity index (χ0n) is 9.98. The van der Waals surface area contributed by atoms with Crippen LogP contribution in [0.15, 0.2) is 42.5 Å². The first-order valence-corrected chi connectivity index (χ1v) is 6.02. The van der Waals surface area contributed by atoms with Gasteiger partial charge in [-0.3, -0.25) is 0 Å². The van der Waals surface area contributed by atoms with Crippen molar-refractivity contribution in [1.82, 2.24) is 0 Å². The molecule has 0 bridgehead atoms. The van der Waals surface area contributed by atoms with E-state index in [-0.39, 0.29) is 24.0 Å². The lowest BCUT2D eigenvalue weighted by Crippen LogP contribution is -2.09. The molecule has 100 valence electrons. The van der Waals surface area contributed by atoms with E-state index >= 15 is 0 Å². The van der Waals surface area contributed by atoms with Crippen molar-refractivity contribution < 1.29 is 19.0 Å². The van der Waals surface area contributed by atoms with Crippen LogP contribution in [0.2, 0.25) is 5.02 Å². The molecular weight excluding hydrogens is 271 g/mol. The molecule has 0 aromatic heterocycles. The Kier molecular flexibility index (Phi) is 4.47. The molecule has 0 saturated heterocycles. The summed E-state index contributed by atoms with van der Waals surface area (Å²) in [5.41, 5.74) is 0. The highest BCUT2D eigenvalue weighted by atomic mass is 35.5. The molecule has 0 spiro atoms. The number of rotatable bonds is 5. The highest BCUT2D eigenvalue weighted by Crippen LogP contribution is 2.24. The number of phenolic OH excluding ortho intramolecular Hbond substituents is 1. The van der Waals surface area contributed by atoms with E-state index in [0.717, 1.165) is 0 Å². The average Bonchev–Trinajstić information content (AvgIpc) is 2.37. The summed E-state index contributed by atoms with van der Waals surface area (Å²) in [6.07, 6.45) is 0. The molecule has 3 nitrogen and oxygen atoms in total. The van der Waals surface area contributed by atoms with Crippen molar-refractivity contribution in [2.24, 2.45) is 0 Å². The lowest BCUT2D eigenvalue weighted by Gasteiger charge is -2.09. The molecule has 0 aliphatic heterocycles. The average molecular weight is 283 g/mol. The molecule has 0 atom stereocenters. The molecule has 0 fully saturated rings. The highest BCUT2D eigenvalue weighted by Gasteiger charge is 2.03. The number of hydrogen-bond donors (Lipinski definition) is 1. The van der Waals surface area contributed by atoms with Crippen LogP contribution in [-0.2, 0) is 0 Å². The van der Waals surface area contributed by atoms with Gasteiger partial charge in [0.15, 0.2) is 0 Å². The van der Waals surface area contributed by atoms with Gasteiger partial charge in [-0.15, -0.1) is 0 Å². The summed E-state index contributed by atoms with van der Waals surface area (Å²) >= 11 is 5.81. The third-order valence-corrected chi connectivity index (χ3v) is 2.62. The van der Waals surface area contributed by atoms with Crippen LogP contribution in [-0.4, -0.2) is 18.3 Å². The Labute approximate surface area is 115 Å². The van der Waals surface area contributed by atoms with Crippen LogP contribution in [0, 0.1) is 5.82 Å². The quantitative estimate of drug-likeness (QED) is 0.851. The van der Waals surface area contributed by atoms with Gasteiger partial charge in [0, 0.05) is 6.07 Å². The van der Waals surface area contributed by atoms with Gasteiger partial charge in [0.25, 0.3) is 0 Å². The summed E-state index contributed by atoms with van der Waals surface area (Å²) in [6.45, 7) is 0.554. The normalized spacial score (nSPS) is 10.2. The zero-order valence-corrected chi connectivity index (χ0v) is 10.7. The van der Waals surface area contributed by atoms with Gasteiger partial charge in [-0.2, -0.15) is 0 Å². The van der Waals surface area contributed by atoms with Gasteiger partial charge in [-0.05, 0) is 30.3 Å². The first kappa shape index (κ1) is 13.5. The molecular formula is C14H12ClFO3. The zero-order chi connectivity index (χ0) is 13.7. The van der Waals surface area contributed by atoms with Gasteiger partial charge in [-0.1, -0.05) is 17.7 Å². The number of phenols is 1. The summed E-state index contributed by atoms with van der Waals surface area (Å²) in [7, 11) is 0. The number of ether oxygens (including phenoxy) is 2. The second-order valence-electron chi connectivity index (χ2n) is 3.77. The minimum absolute atomic E-state index is 0.139. The summed E-state index contributed by atoms with van der Waals surface area (Å²) in [6, 6.07) is 10.4. The van der Waals surface area contributed by atoms with Crippen LogP contribution in [0.5, 0.6) is 17.2 Å². The molecule has 2 aromatic rings. The molecule has 2 rings (SSSR count). The fourth-order valence-corrected chi connectivity index (χ4v) is 1.70. The molecule has 0 aliphatic rings. The summed E-state index contributed by atoms with van der Waals surface area (Å²) in [5, 5.41) is 9.47. The smallest absolute Gasteiger partial charge is 0.138 e. The minimum Gasteiger partial charge on any atom is -0.508 e. The number of aromatic hydroxyl groups is 1. The monoisotopic (exact) mass is 282 g/mol. The van der Waals surface area contributed by atoms with Gasteiger partial charge >= 0.3 is 0 Å². The largest absolute Gasteiger partial charge is 0.508 e. The topological polar surface area (TPSA) is 38.7 Å². The van der Waals surface area contributed by atoms with E-state index in [4.69, 9.17) is 21.1 Å². The fraction of sp³-hybridized carbons (Fsp3) is 0.143. The second kappa shape index (κ2) is 6.29. The van der Waals surface area contributed by atoms with E-state index in [2.05, 4.69) is 0 Å². The van der Waals surface area contributed by atoms with Gasteiger partial charge in [0.1, 0.15) is 36.3 Å². The molecule has 2 aromatic carbocycles. The van der Waals surface area contributed by atoms with Crippen molar-refractivity contribution in [2.45, 2.75) is 0 Å². The lowest BCUT2D eigenvalue weighted by molar-refractivity contribution is 0.216. The summed E-state index contributed by atoms with van der Waals surface area (Å²) in [4.78, 5) is 0. The maximum atomic E-state index is 12.8. The second-order valence-corrected chi connectivity index (χ2v) is 4.18. The Morgan fingerprint density at radius 3 is 2.58 bits per heavy atom. The van der Waals surface area contributed by atoms with Crippen LogP contribution < -0.4 is 9.47 Å². The first-order chi connectivity index (χ1) is 9.15. The molecule has 0 radical (unpaired) electrons. The van der Waals surface area contributed by atoms with Crippen molar-refractivity contribution in [2.75, 3.05) is 13.2 Å². The number of benzene rings is 2. The molecule has 0 unspecified atom stereocenters. The SMILES string of the molecule is Oc1cccc(OCCOc2ccc(F)cc2Cl)c1. The summed E-state index contributed by atoms with van der Waals surface area (Å²) < 4.78 is 23.5. The lowest BCUT2D eigenvalue weighted by atomic mass is 10.3. The Balaban J connectivity index is 1.81. The van der Waals surface area contributed by atoms with Crippen molar-refractivity contribution in [3.05, 3.63) is 53.3 Å². The van der Waals surface area contributed by atoms with Crippen LogP contribution in [0.3, 0.4) is 0 Å². The van der Waals surface area contributed by atoms with Crippen LogP contribution >= 0.6 is 11.6 Å². The van der Waals surface area contributed by atoms with Crippen molar-refractivity contribution >= 4 is 11.6 Å². The Bertz CT molecular complexity index is 560. The predicted molar refractivity (Wildman–Crippen MR) is 70.5 cm³/mol.